The van der Waals surface area contributed by atoms with Gasteiger partial charge >= 0.3 is 0 Å². The van der Waals surface area contributed by atoms with E-state index < -0.39 is 0 Å². The van der Waals surface area contributed by atoms with E-state index >= 15 is 0 Å². The Bertz CT molecular complexity index is 628. The van der Waals surface area contributed by atoms with Gasteiger partial charge in [0.2, 0.25) is 5.12 Å². The summed E-state index contributed by atoms with van der Waals surface area (Å²) in [6.07, 6.45) is 1.76. The van der Waals surface area contributed by atoms with Gasteiger partial charge in [-0.2, -0.15) is 0 Å². The number of aliphatic hydroxyl groups excluding tert-OH is 1. The van der Waals surface area contributed by atoms with E-state index in [1.54, 1.807) is 6.08 Å². The van der Waals surface area contributed by atoms with Gasteiger partial charge in [0, 0.05) is 25.5 Å². The number of anilines is 1. The molecule has 4 nitrogen and oxygen atoms in total. The Morgan fingerprint density at radius 2 is 1.90 bits per heavy atom. The lowest BCUT2D eigenvalue weighted by Crippen LogP contribution is -2.07. The highest BCUT2D eigenvalue weighted by Crippen LogP contribution is 2.37. The van der Waals surface area contributed by atoms with Crippen molar-refractivity contribution in [1.82, 2.24) is 0 Å². The van der Waals surface area contributed by atoms with Gasteiger partial charge in [-0.3, -0.25) is 4.79 Å². The van der Waals surface area contributed by atoms with Crippen molar-refractivity contribution in [1.29, 1.82) is 5.41 Å². The van der Waals surface area contributed by atoms with Crippen LogP contribution >= 0.6 is 11.8 Å². The second-order valence-corrected chi connectivity index (χ2v) is 5.75. The summed E-state index contributed by atoms with van der Waals surface area (Å²) < 4.78 is 0. The van der Waals surface area contributed by atoms with Gasteiger partial charge in [-0.15, -0.1) is 0 Å². The van der Waals surface area contributed by atoms with Crippen LogP contribution in [0.4, 0.5) is 5.69 Å². The summed E-state index contributed by atoms with van der Waals surface area (Å²) in [5.74, 6) is -0.0933. The van der Waals surface area contributed by atoms with E-state index in [1.165, 1.54) is 6.92 Å². The largest absolute Gasteiger partial charge is 0.506 e. The molecule has 5 heteroatoms. The number of thioether (sulfide) groups is 1. The van der Waals surface area contributed by atoms with E-state index in [0.717, 1.165) is 23.0 Å². The zero-order valence-electron chi connectivity index (χ0n) is 11.6. The van der Waals surface area contributed by atoms with Crippen LogP contribution in [0.3, 0.4) is 0 Å². The first-order chi connectivity index (χ1) is 9.40. The fourth-order valence-corrected chi connectivity index (χ4v) is 2.81. The Kier molecular flexibility index (Phi) is 3.99. The number of nitrogens with zero attached hydrogens (tertiary/aromatic N) is 1. The van der Waals surface area contributed by atoms with Crippen LogP contribution in [-0.4, -0.2) is 30.0 Å². The highest BCUT2D eigenvalue weighted by Gasteiger charge is 2.29. The van der Waals surface area contributed by atoms with Crippen molar-refractivity contribution >= 4 is 34.4 Å². The lowest BCUT2D eigenvalue weighted by Gasteiger charge is -2.11. The van der Waals surface area contributed by atoms with Crippen LogP contribution < -0.4 is 4.90 Å². The number of carbonyl (C=O) groups is 1. The maximum absolute atomic E-state index is 11.7. The summed E-state index contributed by atoms with van der Waals surface area (Å²) >= 11 is 0.962. The van der Waals surface area contributed by atoms with Gasteiger partial charge in [-0.1, -0.05) is 12.1 Å². The molecule has 0 spiro atoms. The molecule has 20 heavy (non-hydrogen) atoms. The smallest absolute Gasteiger partial charge is 0.229 e. The molecule has 0 saturated carbocycles. The van der Waals surface area contributed by atoms with Gasteiger partial charge in [0.05, 0.1) is 10.5 Å². The SMILES string of the molecule is CC(=N)C1=C(O)/C(=C\c2ccc(N(C)C)cc2)SC1=O. The van der Waals surface area contributed by atoms with E-state index in [4.69, 9.17) is 5.41 Å². The quantitative estimate of drug-likeness (QED) is 0.838. The van der Waals surface area contributed by atoms with Crippen LogP contribution in [-0.2, 0) is 4.79 Å². The van der Waals surface area contributed by atoms with Crippen molar-refractivity contribution < 1.29 is 9.90 Å². The molecule has 0 radical (unpaired) electrons. The molecule has 0 atom stereocenters. The highest BCUT2D eigenvalue weighted by atomic mass is 32.2. The fraction of sp³-hybridized carbons (Fsp3) is 0.200. The maximum Gasteiger partial charge on any atom is 0.229 e. The molecule has 0 saturated heterocycles. The molecule has 0 bridgehead atoms. The topological polar surface area (TPSA) is 64.4 Å². The van der Waals surface area contributed by atoms with Crippen molar-refractivity contribution in [3.8, 4) is 0 Å². The molecular weight excluding hydrogens is 272 g/mol. The summed E-state index contributed by atoms with van der Waals surface area (Å²) in [7, 11) is 3.93. The van der Waals surface area contributed by atoms with Crippen LogP contribution in [0.1, 0.15) is 12.5 Å². The summed E-state index contributed by atoms with van der Waals surface area (Å²) in [5, 5.41) is 17.3. The maximum atomic E-state index is 11.7. The Balaban J connectivity index is 2.33. The van der Waals surface area contributed by atoms with Crippen LogP contribution in [0.2, 0.25) is 0 Å². The van der Waals surface area contributed by atoms with Crippen molar-refractivity contribution in [2.75, 3.05) is 19.0 Å². The number of hydrogen-bond donors (Lipinski definition) is 2. The molecule has 2 rings (SSSR count). The van der Waals surface area contributed by atoms with E-state index in [9.17, 15) is 9.90 Å². The van der Waals surface area contributed by atoms with Crippen LogP contribution in [0, 0.1) is 5.41 Å². The average molecular weight is 288 g/mol. The summed E-state index contributed by atoms with van der Waals surface area (Å²) in [6.45, 7) is 1.50. The van der Waals surface area contributed by atoms with Gasteiger partial charge in [-0.25, -0.2) is 0 Å². The van der Waals surface area contributed by atoms with Crippen LogP contribution in [0.15, 0.2) is 40.5 Å². The van der Waals surface area contributed by atoms with Crippen LogP contribution in [0.5, 0.6) is 0 Å². The van der Waals surface area contributed by atoms with Crippen molar-refractivity contribution in [2.24, 2.45) is 0 Å². The average Bonchev–Trinajstić information content (AvgIpc) is 2.65. The number of hydrogen-bond acceptors (Lipinski definition) is 5. The Labute approximate surface area is 122 Å². The van der Waals surface area contributed by atoms with Gasteiger partial charge in [-0.05, 0) is 42.5 Å². The molecule has 1 aliphatic rings. The fourth-order valence-electron chi connectivity index (χ4n) is 1.87. The van der Waals surface area contributed by atoms with E-state index in [2.05, 4.69) is 0 Å². The predicted molar refractivity (Wildman–Crippen MR) is 84.4 cm³/mol. The minimum Gasteiger partial charge on any atom is -0.506 e. The lowest BCUT2D eigenvalue weighted by molar-refractivity contribution is -0.107. The molecule has 0 amide bonds. The first-order valence-electron chi connectivity index (χ1n) is 6.10. The zero-order valence-corrected chi connectivity index (χ0v) is 12.4. The Morgan fingerprint density at radius 1 is 1.30 bits per heavy atom. The van der Waals surface area contributed by atoms with Gasteiger partial charge in [0.25, 0.3) is 0 Å². The molecule has 1 aromatic carbocycles. The molecule has 0 unspecified atom stereocenters. The van der Waals surface area contributed by atoms with Crippen molar-refractivity contribution in [3.05, 3.63) is 46.1 Å². The third-order valence-electron chi connectivity index (χ3n) is 2.96. The Morgan fingerprint density at radius 3 is 2.35 bits per heavy atom. The van der Waals surface area contributed by atoms with E-state index in [1.807, 2.05) is 43.3 Å². The molecule has 1 aromatic rings. The van der Waals surface area contributed by atoms with Gasteiger partial charge < -0.3 is 15.4 Å². The first-order valence-corrected chi connectivity index (χ1v) is 6.92. The number of carbonyl (C=O) groups excluding carboxylic acids is 1. The minimum absolute atomic E-state index is 0.0892. The van der Waals surface area contributed by atoms with Gasteiger partial charge in [0.1, 0.15) is 5.76 Å². The van der Waals surface area contributed by atoms with Crippen molar-refractivity contribution in [3.63, 3.8) is 0 Å². The van der Waals surface area contributed by atoms with Crippen LogP contribution in [0.25, 0.3) is 6.08 Å². The molecule has 1 aliphatic heterocycles. The normalized spacial score (nSPS) is 16.9. The van der Waals surface area contributed by atoms with Crippen molar-refractivity contribution in [2.45, 2.75) is 6.92 Å². The number of rotatable bonds is 3. The molecule has 0 aromatic heterocycles. The third-order valence-corrected chi connectivity index (χ3v) is 3.88. The minimum atomic E-state index is -0.272. The second-order valence-electron chi connectivity index (χ2n) is 4.73. The molecule has 104 valence electrons. The summed E-state index contributed by atoms with van der Waals surface area (Å²) in [6, 6.07) is 7.79. The summed E-state index contributed by atoms with van der Waals surface area (Å²) in [5.41, 5.74) is 2.18. The molecular formula is C15H16N2O2S. The molecule has 1 heterocycles. The monoisotopic (exact) mass is 288 g/mol. The number of nitrogens with one attached hydrogen (secondary N) is 1. The Hall–Kier alpha value is -2.01. The first kappa shape index (κ1) is 14.4. The molecule has 2 N–H and O–H groups in total. The second kappa shape index (κ2) is 5.54. The molecule has 0 aliphatic carbocycles. The van der Waals surface area contributed by atoms with E-state index in [-0.39, 0.29) is 22.2 Å². The predicted octanol–water partition coefficient (Wildman–Crippen LogP) is 3.22. The summed E-state index contributed by atoms with van der Waals surface area (Å²) in [4.78, 5) is 14.2. The number of benzene rings is 1. The molecule has 0 fully saturated rings. The lowest BCUT2D eigenvalue weighted by atomic mass is 10.1. The van der Waals surface area contributed by atoms with E-state index in [0.29, 0.717) is 4.91 Å². The standard InChI is InChI=1S/C15H16N2O2S/c1-9(16)13-14(18)12(20-15(13)19)8-10-4-6-11(7-5-10)17(2)3/h4-8,16,18H,1-3H3/b12-8+,16-9?. The zero-order chi connectivity index (χ0) is 14.9. The number of aliphatic hydroxyl groups is 1. The highest BCUT2D eigenvalue weighted by molar-refractivity contribution is 8.18. The van der Waals surface area contributed by atoms with Gasteiger partial charge in [0.15, 0.2) is 0 Å². The third kappa shape index (κ3) is 2.77.